The lowest BCUT2D eigenvalue weighted by Gasteiger charge is -2.28. The number of rotatable bonds is 5. The van der Waals surface area contributed by atoms with Gasteiger partial charge in [0.2, 0.25) is 5.91 Å². The predicted octanol–water partition coefficient (Wildman–Crippen LogP) is -0.358. The Bertz CT molecular complexity index is 225. The summed E-state index contributed by atoms with van der Waals surface area (Å²) in [5.74, 6) is 0.00134. The van der Waals surface area contributed by atoms with E-state index in [1.807, 2.05) is 13.8 Å². The lowest BCUT2D eigenvalue weighted by molar-refractivity contribution is -0.124. The molecular formula is C11H22N2O3. The van der Waals surface area contributed by atoms with Crippen molar-refractivity contribution in [2.75, 3.05) is 26.4 Å². The Morgan fingerprint density at radius 1 is 1.62 bits per heavy atom. The van der Waals surface area contributed by atoms with Gasteiger partial charge in [-0.05, 0) is 20.3 Å². The summed E-state index contributed by atoms with van der Waals surface area (Å²) in [6.07, 6.45) is 0.988. The molecule has 1 saturated heterocycles. The van der Waals surface area contributed by atoms with Crippen molar-refractivity contribution in [2.24, 2.45) is 0 Å². The van der Waals surface area contributed by atoms with E-state index < -0.39 is 0 Å². The fourth-order valence-corrected chi connectivity index (χ4v) is 1.75. The molecule has 16 heavy (non-hydrogen) atoms. The lowest BCUT2D eigenvalue weighted by Crippen LogP contribution is -2.49. The van der Waals surface area contributed by atoms with Crippen LogP contribution in [0.5, 0.6) is 0 Å². The van der Waals surface area contributed by atoms with E-state index in [-0.39, 0.29) is 24.1 Å². The molecule has 1 heterocycles. The molecule has 0 bridgehead atoms. The monoisotopic (exact) mass is 230 g/mol. The first-order valence-corrected chi connectivity index (χ1v) is 5.76. The molecule has 0 saturated carbocycles. The largest absolute Gasteiger partial charge is 0.396 e. The van der Waals surface area contributed by atoms with Crippen LogP contribution in [0.1, 0.15) is 26.7 Å². The van der Waals surface area contributed by atoms with Crippen LogP contribution in [0.15, 0.2) is 0 Å². The van der Waals surface area contributed by atoms with Gasteiger partial charge in [0.25, 0.3) is 0 Å². The normalized spacial score (nSPS) is 21.8. The number of hydrogen-bond donors (Lipinski definition) is 3. The summed E-state index contributed by atoms with van der Waals surface area (Å²) >= 11 is 0. The van der Waals surface area contributed by atoms with Gasteiger partial charge in [-0.15, -0.1) is 0 Å². The zero-order chi connectivity index (χ0) is 12.0. The molecule has 94 valence electrons. The maximum atomic E-state index is 11.7. The summed E-state index contributed by atoms with van der Waals surface area (Å²) in [6, 6.07) is 0.110. The Morgan fingerprint density at radius 2 is 2.38 bits per heavy atom. The molecule has 0 aromatic carbocycles. The molecule has 1 amide bonds. The number of carbonyl (C=O) groups excluding carboxylic acids is 1. The Labute approximate surface area is 96.6 Å². The van der Waals surface area contributed by atoms with Crippen molar-refractivity contribution >= 4 is 5.91 Å². The smallest absolute Gasteiger partial charge is 0.222 e. The topological polar surface area (TPSA) is 70.6 Å². The minimum atomic E-state index is -0.346. The summed E-state index contributed by atoms with van der Waals surface area (Å²) < 4.78 is 5.28. The van der Waals surface area contributed by atoms with E-state index in [1.165, 1.54) is 0 Å². The third-order valence-electron chi connectivity index (χ3n) is 2.64. The van der Waals surface area contributed by atoms with Crippen molar-refractivity contribution < 1.29 is 14.6 Å². The van der Waals surface area contributed by atoms with Crippen molar-refractivity contribution in [2.45, 2.75) is 38.3 Å². The van der Waals surface area contributed by atoms with E-state index in [0.717, 1.165) is 6.54 Å². The van der Waals surface area contributed by atoms with Gasteiger partial charge in [-0.2, -0.15) is 0 Å². The van der Waals surface area contributed by atoms with Gasteiger partial charge in [-0.25, -0.2) is 0 Å². The summed E-state index contributed by atoms with van der Waals surface area (Å²) in [5, 5.41) is 15.0. The van der Waals surface area contributed by atoms with Crippen molar-refractivity contribution in [1.29, 1.82) is 0 Å². The van der Waals surface area contributed by atoms with Gasteiger partial charge in [-0.3, -0.25) is 4.79 Å². The zero-order valence-corrected chi connectivity index (χ0v) is 10.1. The molecule has 1 unspecified atom stereocenters. The maximum Gasteiger partial charge on any atom is 0.222 e. The van der Waals surface area contributed by atoms with Crippen molar-refractivity contribution in [3.8, 4) is 0 Å². The van der Waals surface area contributed by atoms with E-state index in [1.54, 1.807) is 0 Å². The second kappa shape index (κ2) is 6.18. The van der Waals surface area contributed by atoms with Crippen LogP contribution in [0.25, 0.3) is 0 Å². The Kier molecular flexibility index (Phi) is 5.18. The number of hydrogen-bond acceptors (Lipinski definition) is 4. The first kappa shape index (κ1) is 13.4. The maximum absolute atomic E-state index is 11.7. The third kappa shape index (κ3) is 4.92. The molecule has 1 rings (SSSR count). The van der Waals surface area contributed by atoms with Crippen LogP contribution in [0.2, 0.25) is 0 Å². The van der Waals surface area contributed by atoms with Crippen LogP contribution < -0.4 is 10.6 Å². The number of aliphatic hydroxyl groups excluding tert-OH is 1. The molecule has 0 spiro atoms. The number of morpholine rings is 1. The van der Waals surface area contributed by atoms with E-state index in [4.69, 9.17) is 9.84 Å². The summed E-state index contributed by atoms with van der Waals surface area (Å²) in [5.41, 5.74) is -0.346. The van der Waals surface area contributed by atoms with E-state index >= 15 is 0 Å². The summed E-state index contributed by atoms with van der Waals surface area (Å²) in [4.78, 5) is 11.7. The first-order valence-electron chi connectivity index (χ1n) is 5.76. The quantitative estimate of drug-likeness (QED) is 0.603. The van der Waals surface area contributed by atoms with Crippen molar-refractivity contribution in [3.63, 3.8) is 0 Å². The molecule has 1 aliphatic rings. The highest BCUT2D eigenvalue weighted by Gasteiger charge is 2.22. The number of ether oxygens (including phenoxy) is 1. The average molecular weight is 230 g/mol. The van der Waals surface area contributed by atoms with E-state index in [2.05, 4.69) is 10.6 Å². The molecular weight excluding hydrogens is 208 g/mol. The van der Waals surface area contributed by atoms with Crippen LogP contribution in [-0.4, -0.2) is 49.0 Å². The van der Waals surface area contributed by atoms with Gasteiger partial charge in [-0.1, -0.05) is 0 Å². The Balaban J connectivity index is 2.28. The molecule has 5 heteroatoms. The molecule has 1 atom stereocenters. The molecule has 5 nitrogen and oxygen atoms in total. The van der Waals surface area contributed by atoms with Crippen molar-refractivity contribution in [3.05, 3.63) is 0 Å². The van der Waals surface area contributed by atoms with Gasteiger partial charge in [0, 0.05) is 31.2 Å². The molecule has 0 aromatic heterocycles. The molecule has 0 aliphatic carbocycles. The molecule has 0 radical (unpaired) electrons. The van der Waals surface area contributed by atoms with E-state index in [0.29, 0.717) is 26.1 Å². The van der Waals surface area contributed by atoms with Crippen LogP contribution in [0, 0.1) is 0 Å². The predicted molar refractivity (Wildman–Crippen MR) is 61.2 cm³/mol. The van der Waals surface area contributed by atoms with Gasteiger partial charge in [0.05, 0.1) is 13.2 Å². The Morgan fingerprint density at radius 3 is 2.94 bits per heavy atom. The zero-order valence-electron chi connectivity index (χ0n) is 10.1. The first-order chi connectivity index (χ1) is 7.53. The number of amides is 1. The fraction of sp³-hybridized carbons (Fsp3) is 0.909. The summed E-state index contributed by atoms with van der Waals surface area (Å²) in [7, 11) is 0. The second-order valence-electron chi connectivity index (χ2n) is 4.84. The molecule has 0 aromatic rings. The minimum Gasteiger partial charge on any atom is -0.396 e. The van der Waals surface area contributed by atoms with Crippen LogP contribution >= 0.6 is 0 Å². The number of aliphatic hydroxyl groups is 1. The highest BCUT2D eigenvalue weighted by atomic mass is 16.5. The SMILES string of the molecule is CC(C)(CCO)NC(=O)CC1COCCN1. The highest BCUT2D eigenvalue weighted by molar-refractivity contribution is 5.77. The Hall–Kier alpha value is -0.650. The minimum absolute atomic E-state index is 0.00134. The molecule has 1 fully saturated rings. The van der Waals surface area contributed by atoms with E-state index in [9.17, 15) is 4.79 Å². The molecule has 3 N–H and O–H groups in total. The van der Waals surface area contributed by atoms with Gasteiger partial charge in [0.15, 0.2) is 0 Å². The lowest BCUT2D eigenvalue weighted by atomic mass is 10.0. The fourth-order valence-electron chi connectivity index (χ4n) is 1.75. The van der Waals surface area contributed by atoms with Crippen LogP contribution in [0.4, 0.5) is 0 Å². The van der Waals surface area contributed by atoms with Crippen LogP contribution in [-0.2, 0) is 9.53 Å². The van der Waals surface area contributed by atoms with Gasteiger partial charge < -0.3 is 20.5 Å². The third-order valence-corrected chi connectivity index (χ3v) is 2.64. The second-order valence-corrected chi connectivity index (χ2v) is 4.84. The number of carbonyl (C=O) groups is 1. The van der Waals surface area contributed by atoms with Gasteiger partial charge >= 0.3 is 0 Å². The number of nitrogens with one attached hydrogen (secondary N) is 2. The van der Waals surface area contributed by atoms with Crippen LogP contribution in [0.3, 0.4) is 0 Å². The highest BCUT2D eigenvalue weighted by Crippen LogP contribution is 2.08. The molecule has 1 aliphatic heterocycles. The van der Waals surface area contributed by atoms with Crippen molar-refractivity contribution in [1.82, 2.24) is 10.6 Å². The average Bonchev–Trinajstić information content (AvgIpc) is 2.17. The summed E-state index contributed by atoms with van der Waals surface area (Å²) in [6.45, 7) is 6.01. The standard InChI is InChI=1S/C11H22N2O3/c1-11(2,3-5-14)13-10(15)7-9-8-16-6-4-12-9/h9,12,14H,3-8H2,1-2H3,(H,13,15). The van der Waals surface area contributed by atoms with Gasteiger partial charge in [0.1, 0.15) is 0 Å².